The second kappa shape index (κ2) is 3.85. The van der Waals surface area contributed by atoms with Gasteiger partial charge in [0.2, 0.25) is 0 Å². The molecule has 0 N–H and O–H groups in total. The van der Waals surface area contributed by atoms with Crippen molar-refractivity contribution in [2.24, 2.45) is 0 Å². The lowest BCUT2D eigenvalue weighted by Crippen LogP contribution is -2.19. The Kier molecular flexibility index (Phi) is 2.56. The molecule has 0 saturated heterocycles. The monoisotopic (exact) mass is 311 g/mol. The third kappa shape index (κ3) is 1.81. The number of rotatable bonds is 1. The van der Waals surface area contributed by atoms with Crippen molar-refractivity contribution in [3.63, 3.8) is 0 Å². The van der Waals surface area contributed by atoms with Gasteiger partial charge in [-0.25, -0.2) is 0 Å². The Hall–Kier alpha value is -0.800. The van der Waals surface area contributed by atoms with E-state index < -0.39 is 0 Å². The van der Waals surface area contributed by atoms with Crippen molar-refractivity contribution in [2.45, 2.75) is 25.8 Å². The number of hydrogen-bond donors (Lipinski definition) is 0. The smallest absolute Gasteiger partial charge is 0.259 e. The molecule has 4 heteroatoms. The molecule has 1 fully saturated rings. The third-order valence-electron chi connectivity index (χ3n) is 3.13. The number of hydrogen-bond acceptors (Lipinski definition) is 1. The first-order valence-electron chi connectivity index (χ1n) is 5.59. The van der Waals surface area contributed by atoms with E-state index in [-0.39, 0.29) is 5.56 Å². The highest BCUT2D eigenvalue weighted by molar-refractivity contribution is 9.10. The summed E-state index contributed by atoms with van der Waals surface area (Å²) in [5.41, 5.74) is 1.10. The highest BCUT2D eigenvalue weighted by Crippen LogP contribution is 2.37. The van der Waals surface area contributed by atoms with Crippen LogP contribution >= 0.6 is 27.5 Å². The fourth-order valence-corrected chi connectivity index (χ4v) is 3.18. The lowest BCUT2D eigenvalue weighted by molar-refractivity contribution is 0.715. The lowest BCUT2D eigenvalue weighted by atomic mass is 10.1. The number of halogens is 2. The van der Waals surface area contributed by atoms with Crippen LogP contribution < -0.4 is 5.56 Å². The quantitative estimate of drug-likeness (QED) is 0.728. The summed E-state index contributed by atoms with van der Waals surface area (Å²) in [5, 5.41) is 2.17. The average molecular weight is 313 g/mol. The van der Waals surface area contributed by atoms with Crippen LogP contribution in [0.5, 0.6) is 0 Å². The molecule has 1 aromatic carbocycles. The minimum Gasteiger partial charge on any atom is -0.295 e. The molecule has 2 nitrogen and oxygen atoms in total. The van der Waals surface area contributed by atoms with Crippen molar-refractivity contribution < 1.29 is 0 Å². The van der Waals surface area contributed by atoms with Crippen LogP contribution in [0.25, 0.3) is 10.8 Å². The maximum Gasteiger partial charge on any atom is 0.259 e. The summed E-state index contributed by atoms with van der Waals surface area (Å²) in [6, 6.07) is 6.11. The first-order valence-corrected chi connectivity index (χ1v) is 6.76. The van der Waals surface area contributed by atoms with Gasteiger partial charge in [0.25, 0.3) is 5.56 Å². The number of pyridine rings is 1. The van der Waals surface area contributed by atoms with E-state index in [2.05, 4.69) is 15.9 Å². The van der Waals surface area contributed by atoms with Crippen molar-refractivity contribution in [3.8, 4) is 0 Å². The van der Waals surface area contributed by atoms with E-state index in [0.29, 0.717) is 11.2 Å². The molecule has 1 aromatic heterocycles. The van der Waals surface area contributed by atoms with Crippen LogP contribution in [0, 0.1) is 6.92 Å². The fraction of sp³-hybridized carbons (Fsp3) is 0.308. The molecule has 3 rings (SSSR count). The molecule has 0 radical (unpaired) electrons. The predicted octanol–water partition coefficient (Wildman–Crippen LogP) is 4.06. The fourth-order valence-electron chi connectivity index (χ4n) is 2.17. The van der Waals surface area contributed by atoms with E-state index >= 15 is 0 Å². The average Bonchev–Trinajstić information content (AvgIpc) is 3.04. The molecule has 0 aliphatic heterocycles. The number of aromatic nitrogens is 1. The van der Waals surface area contributed by atoms with Crippen LogP contribution in [0.3, 0.4) is 0 Å². The maximum atomic E-state index is 12.4. The van der Waals surface area contributed by atoms with E-state index in [1.807, 2.05) is 25.1 Å². The molecule has 2 aromatic rings. The summed E-state index contributed by atoms with van der Waals surface area (Å²) in [6.07, 6.45) is 2.11. The summed E-state index contributed by atoms with van der Waals surface area (Å²) in [4.78, 5) is 12.4. The summed E-state index contributed by atoms with van der Waals surface area (Å²) in [6.45, 7) is 1.99. The van der Waals surface area contributed by atoms with Crippen LogP contribution in [0.1, 0.15) is 24.4 Å². The Morgan fingerprint density at radius 1 is 1.29 bits per heavy atom. The molecule has 1 aliphatic carbocycles. The summed E-state index contributed by atoms with van der Waals surface area (Å²) in [5.74, 6) is 0. The number of benzene rings is 1. The van der Waals surface area contributed by atoms with Crippen LogP contribution in [0.15, 0.2) is 27.5 Å². The van der Waals surface area contributed by atoms with Gasteiger partial charge in [0, 0.05) is 21.3 Å². The third-order valence-corrected chi connectivity index (χ3v) is 4.08. The Morgan fingerprint density at radius 3 is 2.65 bits per heavy atom. The maximum absolute atomic E-state index is 12.4. The molecule has 0 bridgehead atoms. The molecule has 88 valence electrons. The second-order valence-electron chi connectivity index (χ2n) is 4.58. The Bertz CT molecular complexity index is 673. The van der Waals surface area contributed by atoms with E-state index in [0.717, 1.165) is 33.7 Å². The van der Waals surface area contributed by atoms with Gasteiger partial charge in [-0.15, -0.1) is 0 Å². The summed E-state index contributed by atoms with van der Waals surface area (Å²) < 4.78 is 2.64. The molecular formula is C13H11BrClNO. The lowest BCUT2D eigenvalue weighted by Gasteiger charge is -2.10. The van der Waals surface area contributed by atoms with Gasteiger partial charge >= 0.3 is 0 Å². The van der Waals surface area contributed by atoms with Gasteiger partial charge in [0.05, 0.1) is 0 Å². The molecule has 1 saturated carbocycles. The summed E-state index contributed by atoms with van der Waals surface area (Å²) in [7, 11) is 0. The zero-order valence-electron chi connectivity index (χ0n) is 9.34. The standard InChI is InChI=1S/C13H11BrClNO/c1-7-4-10-9(11(14)5-7)6-12(15)16(13(10)17)8-2-3-8/h4-6,8H,2-3H2,1H3. The zero-order valence-corrected chi connectivity index (χ0v) is 11.7. The van der Waals surface area contributed by atoms with Crippen molar-refractivity contribution in [3.05, 3.63) is 43.7 Å². The van der Waals surface area contributed by atoms with E-state index in [1.165, 1.54) is 0 Å². The van der Waals surface area contributed by atoms with Gasteiger partial charge in [-0.3, -0.25) is 9.36 Å². The molecule has 0 amide bonds. The normalized spacial score (nSPS) is 15.5. The predicted molar refractivity (Wildman–Crippen MR) is 73.9 cm³/mol. The van der Waals surface area contributed by atoms with E-state index in [4.69, 9.17) is 11.6 Å². The van der Waals surface area contributed by atoms with Gasteiger partial charge < -0.3 is 0 Å². The van der Waals surface area contributed by atoms with Gasteiger partial charge in [-0.05, 0) is 43.5 Å². The minimum absolute atomic E-state index is 0.0272. The zero-order chi connectivity index (χ0) is 12.2. The van der Waals surface area contributed by atoms with Crippen LogP contribution in [0.2, 0.25) is 5.15 Å². The first kappa shape index (κ1) is 11.3. The number of aryl methyl sites for hydroxylation is 1. The van der Waals surface area contributed by atoms with Gasteiger partial charge in [-0.2, -0.15) is 0 Å². The Balaban J connectivity index is 2.44. The highest BCUT2D eigenvalue weighted by atomic mass is 79.9. The SMILES string of the molecule is Cc1cc(Br)c2cc(Cl)n(C3CC3)c(=O)c2c1. The summed E-state index contributed by atoms with van der Waals surface area (Å²) >= 11 is 9.68. The van der Waals surface area contributed by atoms with Crippen LogP contribution in [-0.4, -0.2) is 4.57 Å². The molecule has 1 heterocycles. The number of nitrogens with zero attached hydrogens (tertiary/aromatic N) is 1. The van der Waals surface area contributed by atoms with Crippen molar-refractivity contribution in [1.82, 2.24) is 4.57 Å². The van der Waals surface area contributed by atoms with Crippen molar-refractivity contribution >= 4 is 38.3 Å². The van der Waals surface area contributed by atoms with Crippen LogP contribution in [0.4, 0.5) is 0 Å². The molecular weight excluding hydrogens is 302 g/mol. The van der Waals surface area contributed by atoms with Gasteiger partial charge in [0.1, 0.15) is 5.15 Å². The first-order chi connectivity index (χ1) is 8.08. The largest absolute Gasteiger partial charge is 0.295 e. The minimum atomic E-state index is 0.0272. The second-order valence-corrected chi connectivity index (χ2v) is 5.82. The van der Waals surface area contributed by atoms with E-state index in [1.54, 1.807) is 4.57 Å². The molecule has 1 aliphatic rings. The van der Waals surface area contributed by atoms with Gasteiger partial charge in [-0.1, -0.05) is 27.5 Å². The number of fused-ring (bicyclic) bond motifs is 1. The molecule has 0 atom stereocenters. The van der Waals surface area contributed by atoms with Crippen molar-refractivity contribution in [1.29, 1.82) is 0 Å². The van der Waals surface area contributed by atoms with Crippen LogP contribution in [-0.2, 0) is 0 Å². The Labute approximate surface area is 112 Å². The van der Waals surface area contributed by atoms with Gasteiger partial charge in [0.15, 0.2) is 0 Å². The molecule has 0 unspecified atom stereocenters. The topological polar surface area (TPSA) is 22.0 Å². The van der Waals surface area contributed by atoms with E-state index in [9.17, 15) is 4.79 Å². The van der Waals surface area contributed by atoms with Crippen molar-refractivity contribution in [2.75, 3.05) is 0 Å². The highest BCUT2D eigenvalue weighted by Gasteiger charge is 2.27. The Morgan fingerprint density at radius 2 is 2.00 bits per heavy atom. The molecule has 17 heavy (non-hydrogen) atoms. The molecule has 0 spiro atoms.